The van der Waals surface area contributed by atoms with Crippen LogP contribution >= 0.6 is 0 Å². The Bertz CT molecular complexity index is 304. The van der Waals surface area contributed by atoms with Gasteiger partial charge < -0.3 is 0 Å². The first kappa shape index (κ1) is 11.0. The summed E-state index contributed by atoms with van der Waals surface area (Å²) in [6.07, 6.45) is 5.87. The highest BCUT2D eigenvalue weighted by Crippen LogP contribution is 2.08. The summed E-state index contributed by atoms with van der Waals surface area (Å²) < 4.78 is 1.86. The smallest absolute Gasteiger partial charge is 0.162 e. The van der Waals surface area contributed by atoms with Gasteiger partial charge in [-0.25, -0.2) is 0 Å². The summed E-state index contributed by atoms with van der Waals surface area (Å²) in [5.41, 5.74) is 0.702. The van der Waals surface area contributed by atoms with Gasteiger partial charge in [-0.15, -0.1) is 0 Å². The fourth-order valence-electron chi connectivity index (χ4n) is 1.55. The van der Waals surface area contributed by atoms with Crippen LogP contribution in [-0.2, 0) is 6.54 Å². The molecule has 1 aromatic rings. The Balaban J connectivity index is 2.55. The van der Waals surface area contributed by atoms with Gasteiger partial charge in [0.2, 0.25) is 0 Å². The molecule has 0 fully saturated rings. The first-order valence-electron chi connectivity index (χ1n) is 5.17. The molecule has 0 aromatic carbocycles. The lowest BCUT2D eigenvalue weighted by Crippen LogP contribution is -2.07. The van der Waals surface area contributed by atoms with E-state index >= 15 is 0 Å². The van der Waals surface area contributed by atoms with Crippen LogP contribution in [0.2, 0.25) is 0 Å². The number of hydrogen-bond acceptors (Lipinski definition) is 2. The van der Waals surface area contributed by atoms with Crippen molar-refractivity contribution >= 4 is 5.78 Å². The minimum absolute atomic E-state index is 0.0828. The van der Waals surface area contributed by atoms with Gasteiger partial charge in [0.25, 0.3) is 0 Å². The average molecular weight is 194 g/mol. The minimum Gasteiger partial charge on any atom is -0.294 e. The molecule has 0 N–H and O–H groups in total. The maximum absolute atomic E-state index is 11.0. The zero-order valence-corrected chi connectivity index (χ0v) is 9.16. The standard InChI is InChI=1S/C11H18N2O/c1-4-5-9(2)7-13-8-11(6-12-13)10(3)14/h6,8-9H,4-5,7H2,1-3H3. The maximum atomic E-state index is 11.0. The van der Waals surface area contributed by atoms with Gasteiger partial charge in [-0.3, -0.25) is 9.48 Å². The highest BCUT2D eigenvalue weighted by molar-refractivity contribution is 5.93. The molecule has 1 unspecified atom stereocenters. The van der Waals surface area contributed by atoms with Crippen LogP contribution in [0.5, 0.6) is 0 Å². The second-order valence-corrected chi connectivity index (χ2v) is 3.90. The van der Waals surface area contributed by atoms with Crippen LogP contribution in [0.25, 0.3) is 0 Å². The third-order valence-corrected chi connectivity index (χ3v) is 2.32. The van der Waals surface area contributed by atoms with E-state index in [1.165, 1.54) is 12.8 Å². The molecule has 0 spiro atoms. The Labute approximate surface area is 85.1 Å². The molecule has 0 saturated carbocycles. The molecule has 3 heteroatoms. The first-order valence-corrected chi connectivity index (χ1v) is 5.17. The van der Waals surface area contributed by atoms with E-state index in [9.17, 15) is 4.79 Å². The second kappa shape index (κ2) is 4.94. The van der Waals surface area contributed by atoms with Gasteiger partial charge in [-0.05, 0) is 19.3 Å². The number of carbonyl (C=O) groups excluding carboxylic acids is 1. The summed E-state index contributed by atoms with van der Waals surface area (Å²) in [6.45, 7) is 6.86. The number of hydrogen-bond donors (Lipinski definition) is 0. The molecule has 78 valence electrons. The second-order valence-electron chi connectivity index (χ2n) is 3.90. The molecule has 3 nitrogen and oxygen atoms in total. The summed E-state index contributed by atoms with van der Waals surface area (Å²) >= 11 is 0. The van der Waals surface area contributed by atoms with E-state index in [1.54, 1.807) is 13.1 Å². The Hall–Kier alpha value is -1.12. The third-order valence-electron chi connectivity index (χ3n) is 2.32. The monoisotopic (exact) mass is 194 g/mol. The molecule has 0 saturated heterocycles. The van der Waals surface area contributed by atoms with Crippen molar-refractivity contribution in [1.29, 1.82) is 0 Å². The van der Waals surface area contributed by atoms with Crippen molar-refractivity contribution in [3.8, 4) is 0 Å². The number of nitrogens with zero attached hydrogens (tertiary/aromatic N) is 2. The summed E-state index contributed by atoms with van der Waals surface area (Å²) in [5.74, 6) is 0.708. The minimum atomic E-state index is 0.0828. The number of aromatic nitrogens is 2. The quantitative estimate of drug-likeness (QED) is 0.675. The molecule has 1 aromatic heterocycles. The highest BCUT2D eigenvalue weighted by Gasteiger charge is 2.06. The zero-order chi connectivity index (χ0) is 10.6. The molecule has 0 aliphatic rings. The van der Waals surface area contributed by atoms with E-state index < -0.39 is 0 Å². The van der Waals surface area contributed by atoms with Gasteiger partial charge in [0, 0.05) is 12.7 Å². The van der Waals surface area contributed by atoms with Crippen LogP contribution in [0, 0.1) is 5.92 Å². The number of rotatable bonds is 5. The molecule has 0 aliphatic carbocycles. The predicted molar refractivity (Wildman–Crippen MR) is 56.3 cm³/mol. The van der Waals surface area contributed by atoms with Crippen molar-refractivity contribution in [2.45, 2.75) is 40.2 Å². The number of carbonyl (C=O) groups is 1. The molecule has 14 heavy (non-hydrogen) atoms. The zero-order valence-electron chi connectivity index (χ0n) is 9.16. The van der Waals surface area contributed by atoms with Crippen LogP contribution in [0.1, 0.15) is 44.0 Å². The first-order chi connectivity index (χ1) is 6.63. The molecular formula is C11H18N2O. The van der Waals surface area contributed by atoms with Gasteiger partial charge in [-0.1, -0.05) is 20.3 Å². The Morgan fingerprint density at radius 1 is 1.64 bits per heavy atom. The van der Waals surface area contributed by atoms with Gasteiger partial charge in [0.05, 0.1) is 11.8 Å². The fraction of sp³-hybridized carbons (Fsp3) is 0.636. The van der Waals surface area contributed by atoms with Crippen LogP contribution in [0.4, 0.5) is 0 Å². The van der Waals surface area contributed by atoms with Crippen molar-refractivity contribution in [3.05, 3.63) is 18.0 Å². The lowest BCUT2D eigenvalue weighted by atomic mass is 10.1. The molecule has 1 rings (SSSR count). The van der Waals surface area contributed by atoms with Crippen LogP contribution < -0.4 is 0 Å². The molecule has 0 bridgehead atoms. The van der Waals surface area contributed by atoms with Crippen LogP contribution in [0.15, 0.2) is 12.4 Å². The van der Waals surface area contributed by atoms with Gasteiger partial charge in [0.15, 0.2) is 5.78 Å². The normalized spacial score (nSPS) is 12.8. The van der Waals surface area contributed by atoms with Crippen molar-refractivity contribution in [2.75, 3.05) is 0 Å². The Morgan fingerprint density at radius 3 is 2.86 bits per heavy atom. The van der Waals surface area contributed by atoms with E-state index in [4.69, 9.17) is 0 Å². The Kier molecular flexibility index (Phi) is 3.86. The van der Waals surface area contributed by atoms with Crippen molar-refractivity contribution in [1.82, 2.24) is 9.78 Å². The predicted octanol–water partition coefficient (Wildman–Crippen LogP) is 2.52. The largest absolute Gasteiger partial charge is 0.294 e. The topological polar surface area (TPSA) is 34.9 Å². The summed E-state index contributed by atoms with van der Waals surface area (Å²) in [6, 6.07) is 0. The van der Waals surface area contributed by atoms with Crippen molar-refractivity contribution in [3.63, 3.8) is 0 Å². The highest BCUT2D eigenvalue weighted by atomic mass is 16.1. The van der Waals surface area contributed by atoms with Crippen LogP contribution in [0.3, 0.4) is 0 Å². The molecular weight excluding hydrogens is 176 g/mol. The third kappa shape index (κ3) is 2.98. The molecule has 1 atom stereocenters. The van der Waals surface area contributed by atoms with Gasteiger partial charge >= 0.3 is 0 Å². The molecule has 0 aliphatic heterocycles. The summed E-state index contributed by atoms with van der Waals surface area (Å²) in [7, 11) is 0. The van der Waals surface area contributed by atoms with E-state index in [1.807, 2.05) is 10.9 Å². The van der Waals surface area contributed by atoms with Gasteiger partial charge in [0.1, 0.15) is 0 Å². The summed E-state index contributed by atoms with van der Waals surface area (Å²) in [4.78, 5) is 11.0. The lowest BCUT2D eigenvalue weighted by Gasteiger charge is -2.09. The Morgan fingerprint density at radius 2 is 2.36 bits per heavy atom. The van der Waals surface area contributed by atoms with Gasteiger partial charge in [-0.2, -0.15) is 5.10 Å². The molecule has 0 amide bonds. The molecule has 1 heterocycles. The van der Waals surface area contributed by atoms with E-state index in [0.29, 0.717) is 11.5 Å². The number of ketones is 1. The van der Waals surface area contributed by atoms with E-state index in [0.717, 1.165) is 6.54 Å². The number of Topliss-reactive ketones (excluding diaryl/α,β-unsaturated/α-hetero) is 1. The van der Waals surface area contributed by atoms with E-state index in [2.05, 4.69) is 18.9 Å². The van der Waals surface area contributed by atoms with Crippen molar-refractivity contribution in [2.24, 2.45) is 5.92 Å². The maximum Gasteiger partial charge on any atom is 0.162 e. The lowest BCUT2D eigenvalue weighted by molar-refractivity contribution is 0.101. The van der Waals surface area contributed by atoms with Crippen LogP contribution in [-0.4, -0.2) is 15.6 Å². The average Bonchev–Trinajstić information content (AvgIpc) is 2.53. The van der Waals surface area contributed by atoms with E-state index in [-0.39, 0.29) is 5.78 Å². The summed E-state index contributed by atoms with van der Waals surface area (Å²) in [5, 5.41) is 4.16. The fourth-order valence-corrected chi connectivity index (χ4v) is 1.55. The van der Waals surface area contributed by atoms with Crippen molar-refractivity contribution < 1.29 is 4.79 Å². The molecule has 0 radical (unpaired) electrons. The SMILES string of the molecule is CCCC(C)Cn1cc(C(C)=O)cn1.